The van der Waals surface area contributed by atoms with Crippen molar-refractivity contribution in [3.8, 4) is 5.75 Å². The van der Waals surface area contributed by atoms with Gasteiger partial charge in [-0.1, -0.05) is 13.8 Å². The number of aliphatic hydroxyl groups excluding tert-OH is 1. The van der Waals surface area contributed by atoms with Crippen LogP contribution in [0, 0.1) is 17.6 Å². The van der Waals surface area contributed by atoms with Crippen molar-refractivity contribution in [3.05, 3.63) is 29.3 Å². The monoisotopic (exact) mass is 273 g/mol. The zero-order valence-electron chi connectivity index (χ0n) is 11.0. The van der Waals surface area contributed by atoms with Crippen molar-refractivity contribution in [1.29, 1.82) is 0 Å². The van der Waals surface area contributed by atoms with Gasteiger partial charge in [0.1, 0.15) is 0 Å². The first kappa shape index (κ1) is 15.4. The zero-order valence-corrected chi connectivity index (χ0v) is 11.0. The van der Waals surface area contributed by atoms with Crippen LogP contribution in [-0.2, 0) is 0 Å². The largest absolute Gasteiger partial charge is 0.503 e. The van der Waals surface area contributed by atoms with E-state index in [4.69, 9.17) is 5.11 Å². The predicted molar refractivity (Wildman–Crippen MR) is 65.8 cm³/mol. The maximum Gasteiger partial charge on any atom is 0.252 e. The molecule has 0 fully saturated rings. The molecular formula is C13H17F2NO3. The average Bonchev–Trinajstić information content (AvgIpc) is 2.34. The summed E-state index contributed by atoms with van der Waals surface area (Å²) >= 11 is 0. The number of hydrogen-bond donors (Lipinski definition) is 3. The smallest absolute Gasteiger partial charge is 0.252 e. The van der Waals surface area contributed by atoms with Crippen LogP contribution < -0.4 is 5.32 Å². The molecule has 106 valence electrons. The molecule has 0 aliphatic rings. The van der Waals surface area contributed by atoms with Crippen LogP contribution in [0.4, 0.5) is 8.78 Å². The first-order chi connectivity index (χ1) is 8.71. The van der Waals surface area contributed by atoms with Crippen LogP contribution >= 0.6 is 0 Å². The second kappa shape index (κ2) is 5.52. The highest BCUT2D eigenvalue weighted by atomic mass is 19.1. The van der Waals surface area contributed by atoms with Gasteiger partial charge in [0, 0.05) is 5.56 Å². The van der Waals surface area contributed by atoms with Crippen LogP contribution in [0.1, 0.15) is 31.1 Å². The molecule has 0 bridgehead atoms. The first-order valence-electron chi connectivity index (χ1n) is 5.82. The summed E-state index contributed by atoms with van der Waals surface area (Å²) in [5.74, 6) is -4.33. The summed E-state index contributed by atoms with van der Waals surface area (Å²) < 4.78 is 26.3. The Labute approximate surface area is 110 Å². The van der Waals surface area contributed by atoms with E-state index in [-0.39, 0.29) is 18.1 Å². The average molecular weight is 273 g/mol. The second-order valence-corrected chi connectivity index (χ2v) is 4.97. The Kier molecular flexibility index (Phi) is 4.47. The molecule has 0 aliphatic heterocycles. The van der Waals surface area contributed by atoms with Crippen LogP contribution in [0.2, 0.25) is 0 Å². The highest BCUT2D eigenvalue weighted by Crippen LogP contribution is 2.22. The van der Waals surface area contributed by atoms with E-state index in [1.165, 1.54) is 0 Å². The highest BCUT2D eigenvalue weighted by molar-refractivity contribution is 5.94. The minimum Gasteiger partial charge on any atom is -0.503 e. The van der Waals surface area contributed by atoms with Gasteiger partial charge in [-0.15, -0.1) is 0 Å². The number of phenolic OH excluding ortho intramolecular Hbond substituents is 1. The molecule has 1 atom stereocenters. The lowest BCUT2D eigenvalue weighted by Gasteiger charge is -2.32. The second-order valence-electron chi connectivity index (χ2n) is 4.97. The third-order valence-electron chi connectivity index (χ3n) is 3.28. The topological polar surface area (TPSA) is 69.6 Å². The molecule has 1 rings (SSSR count). The Morgan fingerprint density at radius 1 is 1.37 bits per heavy atom. The van der Waals surface area contributed by atoms with E-state index in [1.54, 1.807) is 20.8 Å². The fourth-order valence-electron chi connectivity index (χ4n) is 1.39. The van der Waals surface area contributed by atoms with Crippen LogP contribution in [-0.4, -0.2) is 28.3 Å². The molecule has 19 heavy (non-hydrogen) atoms. The molecule has 1 amide bonds. The summed E-state index contributed by atoms with van der Waals surface area (Å²) in [5, 5.41) is 20.8. The molecule has 0 radical (unpaired) electrons. The Hall–Kier alpha value is -1.69. The van der Waals surface area contributed by atoms with E-state index in [9.17, 15) is 18.7 Å². The van der Waals surface area contributed by atoms with Crippen molar-refractivity contribution in [2.75, 3.05) is 6.61 Å². The first-order valence-corrected chi connectivity index (χ1v) is 5.82. The number of aromatic hydroxyl groups is 1. The molecular weight excluding hydrogens is 256 g/mol. The SMILES string of the molecule is CC(C)C(C)(CO)NC(=O)c1cc(F)c(O)c(F)c1. The molecule has 1 aromatic carbocycles. The predicted octanol–water partition coefficient (Wildman–Crippen LogP) is 1.81. The number of phenols is 1. The summed E-state index contributed by atoms with van der Waals surface area (Å²) in [6, 6.07) is 1.48. The van der Waals surface area contributed by atoms with E-state index in [2.05, 4.69) is 5.32 Å². The standard InChI is InChI=1S/C13H17F2NO3/c1-7(2)13(3,6-17)16-12(19)8-4-9(14)11(18)10(15)5-8/h4-5,7,17-18H,6H2,1-3H3,(H,16,19). The van der Waals surface area contributed by atoms with E-state index in [1.807, 2.05) is 0 Å². The van der Waals surface area contributed by atoms with Gasteiger partial charge in [-0.3, -0.25) is 4.79 Å². The number of nitrogens with one attached hydrogen (secondary N) is 1. The van der Waals surface area contributed by atoms with Gasteiger partial charge in [0.2, 0.25) is 0 Å². The van der Waals surface area contributed by atoms with E-state index < -0.39 is 28.8 Å². The molecule has 1 aromatic rings. The summed E-state index contributed by atoms with van der Waals surface area (Å²) in [7, 11) is 0. The van der Waals surface area contributed by atoms with E-state index in [0.717, 1.165) is 12.1 Å². The number of hydrogen-bond acceptors (Lipinski definition) is 3. The lowest BCUT2D eigenvalue weighted by atomic mass is 9.89. The van der Waals surface area contributed by atoms with Gasteiger partial charge < -0.3 is 15.5 Å². The molecule has 6 heteroatoms. The highest BCUT2D eigenvalue weighted by Gasteiger charge is 2.30. The van der Waals surface area contributed by atoms with Crippen LogP contribution in [0.3, 0.4) is 0 Å². The van der Waals surface area contributed by atoms with Gasteiger partial charge in [0.15, 0.2) is 17.4 Å². The van der Waals surface area contributed by atoms with Crippen molar-refractivity contribution in [2.45, 2.75) is 26.3 Å². The fraction of sp³-hybridized carbons (Fsp3) is 0.462. The van der Waals surface area contributed by atoms with Gasteiger partial charge in [-0.05, 0) is 25.0 Å². The number of aliphatic hydroxyl groups is 1. The lowest BCUT2D eigenvalue weighted by Crippen LogP contribution is -2.52. The van der Waals surface area contributed by atoms with Gasteiger partial charge >= 0.3 is 0 Å². The normalized spacial score (nSPS) is 14.3. The molecule has 3 N–H and O–H groups in total. The number of rotatable bonds is 4. The molecule has 0 saturated carbocycles. The van der Waals surface area contributed by atoms with Crippen LogP contribution in [0.15, 0.2) is 12.1 Å². The molecule has 0 aromatic heterocycles. The summed E-state index contributed by atoms with van der Waals surface area (Å²) in [6.07, 6.45) is 0. The van der Waals surface area contributed by atoms with E-state index >= 15 is 0 Å². The van der Waals surface area contributed by atoms with Crippen molar-refractivity contribution < 1.29 is 23.8 Å². The summed E-state index contributed by atoms with van der Waals surface area (Å²) in [6.45, 7) is 4.92. The lowest BCUT2D eigenvalue weighted by molar-refractivity contribution is 0.0783. The Balaban J connectivity index is 3.02. The molecule has 0 aliphatic carbocycles. The third kappa shape index (κ3) is 3.20. The Bertz CT molecular complexity index is 468. The van der Waals surface area contributed by atoms with E-state index in [0.29, 0.717) is 0 Å². The summed E-state index contributed by atoms with van der Waals surface area (Å²) in [4.78, 5) is 11.9. The number of carbonyl (C=O) groups excluding carboxylic acids is 1. The Morgan fingerprint density at radius 3 is 2.21 bits per heavy atom. The molecule has 0 spiro atoms. The molecule has 0 saturated heterocycles. The van der Waals surface area contributed by atoms with Crippen molar-refractivity contribution in [3.63, 3.8) is 0 Å². The maximum absolute atomic E-state index is 13.2. The number of amides is 1. The quantitative estimate of drug-likeness (QED) is 0.783. The molecule has 1 unspecified atom stereocenters. The minimum atomic E-state index is -1.21. The maximum atomic E-state index is 13.2. The molecule has 4 nitrogen and oxygen atoms in total. The zero-order chi connectivity index (χ0) is 14.8. The van der Waals surface area contributed by atoms with Gasteiger partial charge in [-0.25, -0.2) is 8.78 Å². The van der Waals surface area contributed by atoms with Gasteiger partial charge in [0.05, 0.1) is 12.1 Å². The summed E-state index contributed by atoms with van der Waals surface area (Å²) in [5.41, 5.74) is -1.16. The van der Waals surface area contributed by atoms with Crippen LogP contribution in [0.25, 0.3) is 0 Å². The van der Waals surface area contributed by atoms with Crippen LogP contribution in [0.5, 0.6) is 5.75 Å². The third-order valence-corrected chi connectivity index (χ3v) is 3.28. The Morgan fingerprint density at radius 2 is 1.84 bits per heavy atom. The van der Waals surface area contributed by atoms with Gasteiger partial charge in [-0.2, -0.15) is 0 Å². The number of halogens is 2. The van der Waals surface area contributed by atoms with Crippen molar-refractivity contribution in [1.82, 2.24) is 5.32 Å². The van der Waals surface area contributed by atoms with Crippen molar-refractivity contribution in [2.24, 2.45) is 5.92 Å². The fourth-order valence-corrected chi connectivity index (χ4v) is 1.39. The molecule has 0 heterocycles. The number of benzene rings is 1. The number of carbonyl (C=O) groups is 1. The van der Waals surface area contributed by atoms with Crippen molar-refractivity contribution >= 4 is 5.91 Å². The minimum absolute atomic E-state index is 0.0757. The van der Waals surface area contributed by atoms with Gasteiger partial charge in [0.25, 0.3) is 5.91 Å².